The number of hydrogen-bond acceptors (Lipinski definition) is 0. The normalized spacial score (nSPS) is 12.5. The van der Waals surface area contributed by atoms with Crippen LogP contribution in [0.1, 0.15) is 0 Å². The molecule has 0 fully saturated rings. The van der Waals surface area contributed by atoms with E-state index in [0.717, 1.165) is 0 Å². The van der Waals surface area contributed by atoms with Crippen molar-refractivity contribution in [3.8, 4) is 0 Å². The highest BCUT2D eigenvalue weighted by atomic mass is 31.0. The van der Waals surface area contributed by atoms with Crippen LogP contribution in [0.5, 0.6) is 0 Å². The van der Waals surface area contributed by atoms with Crippen LogP contribution in [0, 0.1) is 41.7 Å². The minimum atomic E-state index is 1.30. The van der Waals surface area contributed by atoms with Crippen LogP contribution in [0.2, 0.25) is 0 Å². The van der Waals surface area contributed by atoms with Crippen LogP contribution in [0.25, 0.3) is 0 Å². The first kappa shape index (κ1) is 9.95. The second kappa shape index (κ2) is 3.15. The van der Waals surface area contributed by atoms with E-state index >= 15 is 0 Å². The lowest BCUT2D eigenvalue weighted by Crippen LogP contribution is -1.98. The Labute approximate surface area is 111 Å². The molecular formula is C18H11P. The second-order valence-electron chi connectivity index (χ2n) is 5.29. The van der Waals surface area contributed by atoms with Gasteiger partial charge in [-0.1, -0.05) is 48.5 Å². The molecule has 0 saturated heterocycles. The van der Waals surface area contributed by atoms with Gasteiger partial charge in [0.15, 0.2) is 0 Å². The van der Waals surface area contributed by atoms with Crippen LogP contribution >= 0.6 is 9.24 Å². The summed E-state index contributed by atoms with van der Waals surface area (Å²) in [6.07, 6.45) is 0. The van der Waals surface area contributed by atoms with Crippen LogP contribution < -0.4 is 5.30 Å². The lowest BCUT2D eigenvalue weighted by atomic mass is 10.1. The van der Waals surface area contributed by atoms with Crippen molar-refractivity contribution in [1.29, 1.82) is 0 Å². The molecule has 0 nitrogen and oxygen atoms in total. The maximum absolute atomic E-state index is 2.92. The Morgan fingerprint density at radius 2 is 1.00 bits per heavy atom. The highest BCUT2D eigenvalue weighted by Gasteiger charge is 2.06. The summed E-state index contributed by atoms with van der Waals surface area (Å²) in [5, 5.41) is 12.1. The zero-order chi connectivity index (χ0) is 12.6. The van der Waals surface area contributed by atoms with E-state index in [4.69, 9.17) is 0 Å². The van der Waals surface area contributed by atoms with Gasteiger partial charge in [0.25, 0.3) is 0 Å². The summed E-state index contributed by atoms with van der Waals surface area (Å²) in [4.78, 5) is 0. The number of rotatable bonds is 0. The Hall–Kier alpha value is -1.91. The van der Waals surface area contributed by atoms with Gasteiger partial charge in [-0.3, -0.25) is 0 Å². The molecule has 0 heterocycles. The second-order valence-corrected chi connectivity index (χ2v) is 5.92. The van der Waals surface area contributed by atoms with Crippen molar-refractivity contribution in [3.05, 3.63) is 96.3 Å². The number of hydrogen-bond donors (Lipinski definition) is 0. The maximum Gasteiger partial charge on any atom is -0.00143 e. The van der Waals surface area contributed by atoms with Crippen molar-refractivity contribution in [2.75, 3.05) is 0 Å². The van der Waals surface area contributed by atoms with Crippen molar-refractivity contribution in [2.45, 2.75) is 0 Å². The molecule has 1 heteroatoms. The van der Waals surface area contributed by atoms with Gasteiger partial charge >= 0.3 is 0 Å². The topological polar surface area (TPSA) is 0 Å². The highest BCUT2D eigenvalue weighted by molar-refractivity contribution is 7.27. The summed E-state index contributed by atoms with van der Waals surface area (Å²) in [6, 6.07) is 20.3. The van der Waals surface area contributed by atoms with Crippen molar-refractivity contribution in [3.63, 3.8) is 0 Å². The van der Waals surface area contributed by atoms with Gasteiger partial charge in [-0.05, 0) is 53.1 Å². The Bertz CT molecular complexity index is 1210. The van der Waals surface area contributed by atoms with Gasteiger partial charge in [0, 0.05) is 0 Å². The minimum Gasteiger partial charge on any atom is -0.105 e. The molecule has 0 N–H and O–H groups in total. The predicted molar refractivity (Wildman–Crippen MR) is 79.4 cm³/mol. The third-order valence-electron chi connectivity index (χ3n) is 4.30. The number of fused-ring (bicyclic) bond motifs is 4. The van der Waals surface area contributed by atoms with Crippen LogP contribution in [-0.2, 0) is 0 Å². The van der Waals surface area contributed by atoms with Crippen molar-refractivity contribution >= 4 is 14.5 Å². The molecule has 3 aromatic carbocycles. The Morgan fingerprint density at radius 3 is 1.63 bits per heavy atom. The lowest BCUT2D eigenvalue weighted by Gasteiger charge is -1.97. The minimum absolute atomic E-state index is 1.30. The fourth-order valence-corrected chi connectivity index (χ4v) is 3.93. The molecule has 0 aliphatic heterocycles. The molecule has 7 rings (SSSR count). The summed E-state index contributed by atoms with van der Waals surface area (Å²) < 4.78 is 0. The van der Waals surface area contributed by atoms with Gasteiger partial charge < -0.3 is 0 Å². The molecule has 88 valence electrons. The van der Waals surface area contributed by atoms with Crippen molar-refractivity contribution < 1.29 is 0 Å². The first-order valence-electron chi connectivity index (χ1n) is 6.51. The van der Waals surface area contributed by atoms with E-state index in [0.29, 0.717) is 0 Å². The van der Waals surface area contributed by atoms with E-state index in [1.165, 1.54) is 47.1 Å². The van der Waals surface area contributed by atoms with Crippen LogP contribution in [0.4, 0.5) is 0 Å². The Kier molecular flexibility index (Phi) is 1.65. The third kappa shape index (κ3) is 1.09. The molecule has 3 aromatic rings. The van der Waals surface area contributed by atoms with Crippen LogP contribution in [0.3, 0.4) is 0 Å². The van der Waals surface area contributed by atoms with Crippen LogP contribution in [0.15, 0.2) is 54.6 Å². The van der Waals surface area contributed by atoms with Gasteiger partial charge in [-0.15, -0.1) is 9.24 Å². The molecule has 19 heavy (non-hydrogen) atoms. The standard InChI is InChI=1S/C18H11P/c19-15-9-14-10-1-3-13(4-2-10)18-16(14)11-5-7-12(8-6-11)17(15)18/h1-9H,19H2. The molecule has 8 bridgehead atoms. The summed E-state index contributed by atoms with van der Waals surface area (Å²) in [6.45, 7) is 0. The molecule has 1 atom stereocenters. The molecule has 4 aliphatic carbocycles. The monoisotopic (exact) mass is 258 g/mol. The zero-order valence-electron chi connectivity index (χ0n) is 10.3. The number of benzene rings is 3. The van der Waals surface area contributed by atoms with Crippen molar-refractivity contribution in [1.82, 2.24) is 0 Å². The summed E-state index contributed by atoms with van der Waals surface area (Å²) in [7, 11) is 2.92. The maximum atomic E-state index is 2.92. The molecule has 0 amide bonds. The summed E-state index contributed by atoms with van der Waals surface area (Å²) >= 11 is 0. The molecule has 4 aliphatic rings. The fourth-order valence-electron chi connectivity index (χ4n) is 3.45. The molecule has 1 unspecified atom stereocenters. The van der Waals surface area contributed by atoms with Gasteiger partial charge in [-0.2, -0.15) is 0 Å². The highest BCUT2D eigenvalue weighted by Crippen LogP contribution is 2.16. The Balaban J connectivity index is 2.67. The average molecular weight is 258 g/mol. The largest absolute Gasteiger partial charge is 0.105 e. The Morgan fingerprint density at radius 1 is 0.526 bits per heavy atom. The van der Waals surface area contributed by atoms with E-state index < -0.39 is 0 Å². The fraction of sp³-hybridized carbons (Fsp3) is 0. The third-order valence-corrected chi connectivity index (χ3v) is 4.76. The van der Waals surface area contributed by atoms with Gasteiger partial charge in [0.2, 0.25) is 0 Å². The molecule has 0 saturated carbocycles. The smallest absolute Gasteiger partial charge is 0.00143 e. The molecule has 0 spiro atoms. The average Bonchev–Trinajstić information content (AvgIpc) is 2.76. The van der Waals surface area contributed by atoms with Crippen LogP contribution in [-0.4, -0.2) is 0 Å². The first-order chi connectivity index (χ1) is 9.33. The lowest BCUT2D eigenvalue weighted by molar-refractivity contribution is 1.39. The van der Waals surface area contributed by atoms with Gasteiger partial charge in [0.1, 0.15) is 0 Å². The van der Waals surface area contributed by atoms with E-state index in [1.54, 1.807) is 0 Å². The predicted octanol–water partition coefficient (Wildman–Crippen LogP) is 2.96. The summed E-state index contributed by atoms with van der Waals surface area (Å²) in [5.41, 5.74) is 0. The molecular weight excluding hydrogens is 247 g/mol. The van der Waals surface area contributed by atoms with Crippen molar-refractivity contribution in [2.24, 2.45) is 0 Å². The quantitative estimate of drug-likeness (QED) is 0.375. The van der Waals surface area contributed by atoms with Gasteiger partial charge in [0.05, 0.1) is 0 Å². The van der Waals surface area contributed by atoms with E-state index in [-0.39, 0.29) is 0 Å². The molecule has 0 radical (unpaired) electrons. The van der Waals surface area contributed by atoms with Gasteiger partial charge in [-0.25, -0.2) is 0 Å². The molecule has 0 aromatic heterocycles. The first-order valence-corrected chi connectivity index (χ1v) is 7.09. The summed E-state index contributed by atoms with van der Waals surface area (Å²) in [5.74, 6) is 0. The van der Waals surface area contributed by atoms with E-state index in [9.17, 15) is 0 Å². The van der Waals surface area contributed by atoms with E-state index in [1.807, 2.05) is 0 Å². The zero-order valence-corrected chi connectivity index (χ0v) is 11.4. The van der Waals surface area contributed by atoms with E-state index in [2.05, 4.69) is 63.8 Å². The SMILES string of the molecule is Pc1cc2c3c(c1=c1ccc=3cc1)=c1ccc=2cc1.